The standard InChI is InChI=1S/C18H20O3/c1-13(2)16-7-3-14(4-8-16)11-21-12-15-5-9-17(10-6-15)18(19)20/h3-10,13H,11-12H2,1-2H3,(H,19,20). The fourth-order valence-electron chi connectivity index (χ4n) is 2.03. The van der Waals surface area contributed by atoms with Gasteiger partial charge in [0.1, 0.15) is 0 Å². The Labute approximate surface area is 125 Å². The van der Waals surface area contributed by atoms with E-state index in [2.05, 4.69) is 38.1 Å². The highest BCUT2D eigenvalue weighted by atomic mass is 16.5. The van der Waals surface area contributed by atoms with Gasteiger partial charge in [0, 0.05) is 0 Å². The van der Waals surface area contributed by atoms with Gasteiger partial charge in [-0.15, -0.1) is 0 Å². The normalized spacial score (nSPS) is 10.8. The molecule has 0 heterocycles. The Morgan fingerprint density at radius 2 is 1.43 bits per heavy atom. The highest BCUT2D eigenvalue weighted by Gasteiger charge is 2.02. The van der Waals surface area contributed by atoms with Crippen molar-refractivity contribution >= 4 is 5.97 Å². The molecular weight excluding hydrogens is 264 g/mol. The lowest BCUT2D eigenvalue weighted by Crippen LogP contribution is -1.98. The molecule has 0 saturated carbocycles. The Kier molecular flexibility index (Phi) is 5.12. The Morgan fingerprint density at radius 1 is 0.952 bits per heavy atom. The van der Waals surface area contributed by atoms with Gasteiger partial charge < -0.3 is 9.84 Å². The molecule has 110 valence electrons. The third kappa shape index (κ3) is 4.43. The second-order valence-electron chi connectivity index (χ2n) is 5.39. The Bertz CT molecular complexity index is 583. The van der Waals surface area contributed by atoms with Crippen molar-refractivity contribution in [3.63, 3.8) is 0 Å². The lowest BCUT2D eigenvalue weighted by molar-refractivity contribution is 0.0696. The number of rotatable bonds is 6. The van der Waals surface area contributed by atoms with Crippen molar-refractivity contribution in [2.24, 2.45) is 0 Å². The van der Waals surface area contributed by atoms with Crippen LogP contribution in [0.4, 0.5) is 0 Å². The number of carboxylic acids is 1. The summed E-state index contributed by atoms with van der Waals surface area (Å²) in [5, 5.41) is 8.83. The van der Waals surface area contributed by atoms with Crippen LogP contribution in [0.15, 0.2) is 48.5 Å². The number of hydrogen-bond acceptors (Lipinski definition) is 2. The lowest BCUT2D eigenvalue weighted by atomic mass is 10.0. The topological polar surface area (TPSA) is 46.5 Å². The van der Waals surface area contributed by atoms with Crippen LogP contribution in [0, 0.1) is 0 Å². The molecule has 0 saturated heterocycles. The van der Waals surface area contributed by atoms with Crippen LogP contribution in [0.3, 0.4) is 0 Å². The molecule has 21 heavy (non-hydrogen) atoms. The number of aromatic carboxylic acids is 1. The van der Waals surface area contributed by atoms with Crippen LogP contribution in [0.2, 0.25) is 0 Å². The zero-order valence-electron chi connectivity index (χ0n) is 12.4. The van der Waals surface area contributed by atoms with Gasteiger partial charge in [-0.05, 0) is 34.7 Å². The molecule has 0 radical (unpaired) electrons. The first-order valence-electron chi connectivity index (χ1n) is 7.05. The molecule has 0 atom stereocenters. The summed E-state index contributed by atoms with van der Waals surface area (Å²) in [4.78, 5) is 10.8. The Balaban J connectivity index is 1.85. The predicted molar refractivity (Wildman–Crippen MR) is 82.4 cm³/mol. The molecule has 1 N–H and O–H groups in total. The monoisotopic (exact) mass is 284 g/mol. The van der Waals surface area contributed by atoms with Crippen LogP contribution >= 0.6 is 0 Å². The van der Waals surface area contributed by atoms with Crippen molar-refractivity contribution in [1.29, 1.82) is 0 Å². The largest absolute Gasteiger partial charge is 0.478 e. The van der Waals surface area contributed by atoms with Gasteiger partial charge in [0.2, 0.25) is 0 Å². The highest BCUT2D eigenvalue weighted by molar-refractivity contribution is 5.87. The maximum Gasteiger partial charge on any atom is 0.335 e. The molecule has 0 aromatic heterocycles. The maximum atomic E-state index is 10.8. The lowest BCUT2D eigenvalue weighted by Gasteiger charge is -2.08. The van der Waals surface area contributed by atoms with E-state index in [9.17, 15) is 4.79 Å². The molecular formula is C18H20O3. The van der Waals surface area contributed by atoms with E-state index in [1.54, 1.807) is 24.3 Å². The molecule has 3 heteroatoms. The van der Waals surface area contributed by atoms with Crippen LogP contribution in [-0.2, 0) is 18.0 Å². The first-order chi connectivity index (χ1) is 10.1. The minimum Gasteiger partial charge on any atom is -0.478 e. The van der Waals surface area contributed by atoms with Crippen LogP contribution in [0.1, 0.15) is 46.8 Å². The third-order valence-electron chi connectivity index (χ3n) is 3.38. The number of carbonyl (C=O) groups is 1. The van der Waals surface area contributed by atoms with Crippen LogP contribution in [0.5, 0.6) is 0 Å². The quantitative estimate of drug-likeness (QED) is 0.863. The highest BCUT2D eigenvalue weighted by Crippen LogP contribution is 2.15. The molecule has 0 aliphatic carbocycles. The zero-order valence-corrected chi connectivity index (χ0v) is 12.4. The summed E-state index contributed by atoms with van der Waals surface area (Å²) in [7, 11) is 0. The van der Waals surface area contributed by atoms with Gasteiger partial charge in [0.05, 0.1) is 18.8 Å². The van der Waals surface area contributed by atoms with Gasteiger partial charge in [-0.25, -0.2) is 4.79 Å². The van der Waals surface area contributed by atoms with E-state index in [0.717, 1.165) is 11.1 Å². The molecule has 2 aromatic carbocycles. The van der Waals surface area contributed by atoms with Crippen molar-refractivity contribution in [1.82, 2.24) is 0 Å². The average molecular weight is 284 g/mol. The molecule has 2 aromatic rings. The second-order valence-corrected chi connectivity index (χ2v) is 5.39. The van der Waals surface area contributed by atoms with Gasteiger partial charge >= 0.3 is 5.97 Å². The summed E-state index contributed by atoms with van der Waals surface area (Å²) in [5.74, 6) is -0.375. The summed E-state index contributed by atoms with van der Waals surface area (Å²) in [5.41, 5.74) is 3.73. The van der Waals surface area contributed by atoms with Crippen molar-refractivity contribution in [2.75, 3.05) is 0 Å². The molecule has 0 bridgehead atoms. The van der Waals surface area contributed by atoms with Crippen LogP contribution in [-0.4, -0.2) is 11.1 Å². The fourth-order valence-corrected chi connectivity index (χ4v) is 2.03. The number of hydrogen-bond donors (Lipinski definition) is 1. The number of carboxylic acid groups (broad SMARTS) is 1. The summed E-state index contributed by atoms with van der Waals surface area (Å²) < 4.78 is 5.66. The minimum absolute atomic E-state index is 0.294. The van der Waals surface area contributed by atoms with E-state index < -0.39 is 5.97 Å². The summed E-state index contributed by atoms with van der Waals surface area (Å²) in [6.07, 6.45) is 0. The van der Waals surface area contributed by atoms with Crippen LogP contribution in [0.25, 0.3) is 0 Å². The molecule has 0 aliphatic heterocycles. The van der Waals surface area contributed by atoms with E-state index in [1.165, 1.54) is 5.56 Å². The van der Waals surface area contributed by atoms with E-state index in [4.69, 9.17) is 9.84 Å². The van der Waals surface area contributed by atoms with Gasteiger partial charge in [0.25, 0.3) is 0 Å². The minimum atomic E-state index is -0.910. The molecule has 2 rings (SSSR count). The van der Waals surface area contributed by atoms with Crippen LogP contribution < -0.4 is 0 Å². The Hall–Kier alpha value is -2.13. The first-order valence-corrected chi connectivity index (χ1v) is 7.05. The SMILES string of the molecule is CC(C)c1ccc(COCc2ccc(C(=O)O)cc2)cc1. The molecule has 3 nitrogen and oxygen atoms in total. The molecule has 0 spiro atoms. The van der Waals surface area contributed by atoms with Crippen molar-refractivity contribution < 1.29 is 14.6 Å². The van der Waals surface area contributed by atoms with E-state index in [-0.39, 0.29) is 0 Å². The van der Waals surface area contributed by atoms with Gasteiger partial charge in [0.15, 0.2) is 0 Å². The van der Waals surface area contributed by atoms with Crippen molar-refractivity contribution in [3.05, 3.63) is 70.8 Å². The van der Waals surface area contributed by atoms with Gasteiger partial charge in [-0.3, -0.25) is 0 Å². The van der Waals surface area contributed by atoms with E-state index in [1.807, 2.05) is 0 Å². The average Bonchev–Trinajstić information content (AvgIpc) is 2.48. The second kappa shape index (κ2) is 7.04. The summed E-state index contributed by atoms with van der Waals surface area (Å²) in [6, 6.07) is 15.2. The molecule has 0 unspecified atom stereocenters. The summed E-state index contributed by atoms with van der Waals surface area (Å²) in [6.45, 7) is 5.38. The third-order valence-corrected chi connectivity index (χ3v) is 3.38. The molecule has 0 fully saturated rings. The molecule has 0 amide bonds. The molecule has 0 aliphatic rings. The predicted octanol–water partition coefficient (Wildman–Crippen LogP) is 4.23. The first kappa shape index (κ1) is 15.3. The maximum absolute atomic E-state index is 10.8. The van der Waals surface area contributed by atoms with Gasteiger partial charge in [-0.1, -0.05) is 50.2 Å². The number of ether oxygens (including phenoxy) is 1. The Morgan fingerprint density at radius 3 is 1.86 bits per heavy atom. The smallest absolute Gasteiger partial charge is 0.335 e. The van der Waals surface area contributed by atoms with E-state index in [0.29, 0.717) is 24.7 Å². The van der Waals surface area contributed by atoms with E-state index >= 15 is 0 Å². The zero-order chi connectivity index (χ0) is 15.2. The fraction of sp³-hybridized carbons (Fsp3) is 0.278. The van der Waals surface area contributed by atoms with Gasteiger partial charge in [-0.2, -0.15) is 0 Å². The van der Waals surface area contributed by atoms with Crippen molar-refractivity contribution in [3.8, 4) is 0 Å². The van der Waals surface area contributed by atoms with Crippen molar-refractivity contribution in [2.45, 2.75) is 33.0 Å². The summed E-state index contributed by atoms with van der Waals surface area (Å²) >= 11 is 0. The number of benzene rings is 2.